The van der Waals surface area contributed by atoms with Gasteiger partial charge in [0.25, 0.3) is 0 Å². The number of hydrogen-bond acceptors (Lipinski definition) is 4. The lowest BCUT2D eigenvalue weighted by Gasteiger charge is -2.33. The van der Waals surface area contributed by atoms with E-state index in [1.54, 1.807) is 6.20 Å². The van der Waals surface area contributed by atoms with Gasteiger partial charge in [-0.1, -0.05) is 6.07 Å². The fourth-order valence-electron chi connectivity index (χ4n) is 3.53. The van der Waals surface area contributed by atoms with E-state index in [1.165, 1.54) is 5.56 Å². The summed E-state index contributed by atoms with van der Waals surface area (Å²) in [7, 11) is 3.90. The first-order chi connectivity index (χ1) is 12.1. The Balaban J connectivity index is 1.51. The summed E-state index contributed by atoms with van der Waals surface area (Å²) >= 11 is 0. The minimum absolute atomic E-state index is 0.0627. The fraction of sp³-hybridized carbons (Fsp3) is 0.389. The van der Waals surface area contributed by atoms with E-state index in [1.807, 2.05) is 35.7 Å². The van der Waals surface area contributed by atoms with Crippen molar-refractivity contribution in [3.63, 3.8) is 0 Å². The molecule has 130 valence electrons. The summed E-state index contributed by atoms with van der Waals surface area (Å²) in [5.41, 5.74) is 4.33. The predicted molar refractivity (Wildman–Crippen MR) is 94.7 cm³/mol. The maximum absolute atomic E-state index is 11.9. The summed E-state index contributed by atoms with van der Waals surface area (Å²) in [5.74, 6) is 0.0964. The molecule has 0 bridgehead atoms. The molecule has 1 amide bonds. The maximum Gasteiger partial charge on any atom is 0.220 e. The highest BCUT2D eigenvalue weighted by molar-refractivity contribution is 5.77. The van der Waals surface area contributed by atoms with Crippen LogP contribution in [0.25, 0.3) is 11.0 Å². The van der Waals surface area contributed by atoms with Crippen LogP contribution in [0.3, 0.4) is 0 Å². The SMILES string of the molecule is Cn1nccc1[C@@H]1NC(=O)CC[C@H]1NCc1ccc2c(c1)ncn2C. The first-order valence-electron chi connectivity index (χ1n) is 8.52. The van der Waals surface area contributed by atoms with Crippen LogP contribution < -0.4 is 10.6 Å². The van der Waals surface area contributed by atoms with Gasteiger partial charge in [-0.25, -0.2) is 4.98 Å². The molecule has 3 heterocycles. The third-order valence-corrected chi connectivity index (χ3v) is 4.94. The number of aromatic nitrogens is 4. The van der Waals surface area contributed by atoms with Crippen molar-refractivity contribution >= 4 is 16.9 Å². The number of carbonyl (C=O) groups excluding carboxylic acids is 1. The molecule has 2 atom stereocenters. The van der Waals surface area contributed by atoms with E-state index in [0.717, 1.165) is 29.7 Å². The van der Waals surface area contributed by atoms with Crippen LogP contribution in [0.5, 0.6) is 0 Å². The lowest BCUT2D eigenvalue weighted by Crippen LogP contribution is -2.48. The normalized spacial score (nSPS) is 20.8. The Kier molecular flexibility index (Phi) is 4.01. The first kappa shape index (κ1) is 15.8. The monoisotopic (exact) mass is 338 g/mol. The molecule has 1 fully saturated rings. The van der Waals surface area contributed by atoms with Crippen molar-refractivity contribution in [3.8, 4) is 0 Å². The van der Waals surface area contributed by atoms with Gasteiger partial charge >= 0.3 is 0 Å². The van der Waals surface area contributed by atoms with Crippen molar-refractivity contribution in [2.45, 2.75) is 31.5 Å². The summed E-state index contributed by atoms with van der Waals surface area (Å²) in [6, 6.07) is 8.41. The van der Waals surface area contributed by atoms with Crippen LogP contribution >= 0.6 is 0 Å². The summed E-state index contributed by atoms with van der Waals surface area (Å²) in [6.45, 7) is 0.738. The zero-order valence-electron chi connectivity index (χ0n) is 14.4. The number of nitrogens with zero attached hydrogens (tertiary/aromatic N) is 4. The number of nitrogens with one attached hydrogen (secondary N) is 2. The van der Waals surface area contributed by atoms with E-state index >= 15 is 0 Å². The van der Waals surface area contributed by atoms with Gasteiger partial charge in [0.1, 0.15) is 0 Å². The molecular formula is C18H22N6O. The average Bonchev–Trinajstić information content (AvgIpc) is 3.19. The summed E-state index contributed by atoms with van der Waals surface area (Å²) in [5, 5.41) is 10.9. The van der Waals surface area contributed by atoms with Crippen LogP contribution in [0.2, 0.25) is 0 Å². The van der Waals surface area contributed by atoms with E-state index in [-0.39, 0.29) is 18.0 Å². The molecule has 0 unspecified atom stereocenters. The number of rotatable bonds is 4. The second-order valence-corrected chi connectivity index (χ2v) is 6.63. The number of piperidine rings is 1. The zero-order valence-corrected chi connectivity index (χ0v) is 14.4. The second kappa shape index (κ2) is 6.33. The van der Waals surface area contributed by atoms with E-state index in [4.69, 9.17) is 0 Å². The Labute approximate surface area is 146 Å². The largest absolute Gasteiger partial charge is 0.346 e. The quantitative estimate of drug-likeness (QED) is 0.754. The Hall–Kier alpha value is -2.67. The third-order valence-electron chi connectivity index (χ3n) is 4.94. The number of hydrogen-bond donors (Lipinski definition) is 2. The van der Waals surface area contributed by atoms with Crippen LogP contribution in [0.15, 0.2) is 36.8 Å². The highest BCUT2D eigenvalue weighted by atomic mass is 16.1. The molecule has 0 radical (unpaired) electrons. The summed E-state index contributed by atoms with van der Waals surface area (Å²) < 4.78 is 3.84. The van der Waals surface area contributed by atoms with Crippen LogP contribution in [-0.4, -0.2) is 31.3 Å². The highest BCUT2D eigenvalue weighted by Gasteiger charge is 2.31. The van der Waals surface area contributed by atoms with Gasteiger partial charge in [-0.3, -0.25) is 9.48 Å². The van der Waals surface area contributed by atoms with Crippen molar-refractivity contribution in [3.05, 3.63) is 48.0 Å². The lowest BCUT2D eigenvalue weighted by atomic mass is 9.95. The number of imidazole rings is 1. The van der Waals surface area contributed by atoms with Crippen LogP contribution in [0.4, 0.5) is 0 Å². The number of aryl methyl sites for hydroxylation is 2. The van der Waals surface area contributed by atoms with E-state index in [0.29, 0.717) is 6.42 Å². The fourth-order valence-corrected chi connectivity index (χ4v) is 3.53. The minimum Gasteiger partial charge on any atom is -0.346 e. The Morgan fingerprint density at radius 3 is 3.00 bits per heavy atom. The van der Waals surface area contributed by atoms with E-state index in [2.05, 4.69) is 38.9 Å². The minimum atomic E-state index is -0.0627. The molecule has 25 heavy (non-hydrogen) atoms. The molecule has 2 aromatic heterocycles. The number of amides is 1. The van der Waals surface area contributed by atoms with Crippen molar-refractivity contribution in [2.24, 2.45) is 14.1 Å². The summed E-state index contributed by atoms with van der Waals surface area (Å²) in [6.07, 6.45) is 4.96. The smallest absolute Gasteiger partial charge is 0.220 e. The molecule has 7 nitrogen and oxygen atoms in total. The van der Waals surface area contributed by atoms with Gasteiger partial charge in [-0.05, 0) is 30.2 Å². The zero-order chi connectivity index (χ0) is 17.4. The lowest BCUT2D eigenvalue weighted by molar-refractivity contribution is -0.124. The molecule has 2 N–H and O–H groups in total. The average molecular weight is 338 g/mol. The molecule has 4 rings (SSSR count). The van der Waals surface area contributed by atoms with Gasteiger partial charge in [0.2, 0.25) is 5.91 Å². The van der Waals surface area contributed by atoms with Crippen LogP contribution in [0.1, 0.15) is 30.1 Å². The molecule has 0 spiro atoms. The molecule has 0 aliphatic carbocycles. The van der Waals surface area contributed by atoms with Gasteiger partial charge in [-0.15, -0.1) is 0 Å². The Morgan fingerprint density at radius 1 is 1.32 bits per heavy atom. The maximum atomic E-state index is 11.9. The van der Waals surface area contributed by atoms with Gasteiger partial charge in [-0.2, -0.15) is 5.10 Å². The van der Waals surface area contributed by atoms with Gasteiger partial charge in [0, 0.05) is 39.3 Å². The molecule has 3 aromatic rings. The van der Waals surface area contributed by atoms with E-state index in [9.17, 15) is 4.79 Å². The molecule has 0 saturated carbocycles. The first-order valence-corrected chi connectivity index (χ1v) is 8.52. The van der Waals surface area contributed by atoms with Crippen LogP contribution in [0, 0.1) is 0 Å². The molecule has 7 heteroatoms. The number of fused-ring (bicyclic) bond motifs is 1. The van der Waals surface area contributed by atoms with Crippen LogP contribution in [-0.2, 0) is 25.4 Å². The number of carbonyl (C=O) groups is 1. The summed E-state index contributed by atoms with van der Waals surface area (Å²) in [4.78, 5) is 16.3. The van der Waals surface area contributed by atoms with Crippen molar-refractivity contribution in [2.75, 3.05) is 0 Å². The number of benzene rings is 1. The molecular weight excluding hydrogens is 316 g/mol. The van der Waals surface area contributed by atoms with E-state index < -0.39 is 0 Å². The second-order valence-electron chi connectivity index (χ2n) is 6.63. The highest BCUT2D eigenvalue weighted by Crippen LogP contribution is 2.24. The van der Waals surface area contributed by atoms with Crippen molar-refractivity contribution < 1.29 is 4.79 Å². The molecule has 1 saturated heterocycles. The predicted octanol–water partition coefficient (Wildman–Crippen LogP) is 1.42. The Bertz CT molecular complexity index is 911. The topological polar surface area (TPSA) is 76.8 Å². The third kappa shape index (κ3) is 3.02. The molecule has 1 aliphatic heterocycles. The van der Waals surface area contributed by atoms with Gasteiger partial charge in [0.05, 0.1) is 29.1 Å². The van der Waals surface area contributed by atoms with Gasteiger partial charge < -0.3 is 15.2 Å². The standard InChI is InChI=1S/C18H22N6O/c1-23-11-20-14-9-12(3-5-15(14)23)10-19-13-4-6-17(25)22-18(13)16-7-8-21-24(16)2/h3,5,7-9,11,13,18-19H,4,6,10H2,1-2H3,(H,22,25)/t13-,18-/m1/s1. The molecule has 1 aliphatic rings. The molecule has 1 aromatic carbocycles. The van der Waals surface area contributed by atoms with Crippen molar-refractivity contribution in [1.82, 2.24) is 30.0 Å². The van der Waals surface area contributed by atoms with Gasteiger partial charge in [0.15, 0.2) is 0 Å². The van der Waals surface area contributed by atoms with Crippen molar-refractivity contribution in [1.29, 1.82) is 0 Å². The Morgan fingerprint density at radius 2 is 2.20 bits per heavy atom.